The summed E-state index contributed by atoms with van der Waals surface area (Å²) in [4.78, 5) is 13.4. The van der Waals surface area contributed by atoms with Gasteiger partial charge in [-0.3, -0.25) is 0 Å². The zero-order valence-corrected chi connectivity index (χ0v) is 13.2. The third-order valence-electron chi connectivity index (χ3n) is 3.47. The number of ether oxygens (including phenoxy) is 1. The minimum absolute atomic E-state index is 0.0273. The molecule has 7 heteroatoms. The molecule has 2 aliphatic heterocycles. The van der Waals surface area contributed by atoms with Crippen LogP contribution in [0.5, 0.6) is 0 Å². The summed E-state index contributed by atoms with van der Waals surface area (Å²) in [6, 6.07) is 0.209. The van der Waals surface area contributed by atoms with E-state index in [0.717, 1.165) is 12.8 Å². The van der Waals surface area contributed by atoms with Crippen LogP contribution in [0.3, 0.4) is 0 Å². The molecule has 6 nitrogen and oxygen atoms in total. The average molecular weight is 304 g/mol. The van der Waals surface area contributed by atoms with E-state index in [2.05, 4.69) is 5.32 Å². The number of nitrogens with one attached hydrogen (secondary N) is 1. The molecule has 1 unspecified atom stereocenters. The van der Waals surface area contributed by atoms with Crippen molar-refractivity contribution in [3.05, 3.63) is 0 Å². The molecule has 2 heterocycles. The maximum atomic E-state index is 11.8. The molecule has 20 heavy (non-hydrogen) atoms. The second-order valence-corrected chi connectivity index (χ2v) is 8.93. The highest BCUT2D eigenvalue weighted by atomic mass is 32.2. The summed E-state index contributed by atoms with van der Waals surface area (Å²) in [5.41, 5.74) is -0.479. The first-order chi connectivity index (χ1) is 9.15. The summed E-state index contributed by atoms with van der Waals surface area (Å²) >= 11 is 0. The van der Waals surface area contributed by atoms with Crippen molar-refractivity contribution in [3.8, 4) is 0 Å². The number of hydrogen-bond acceptors (Lipinski definition) is 5. The van der Waals surface area contributed by atoms with E-state index >= 15 is 0 Å². The monoisotopic (exact) mass is 304 g/mol. The summed E-state index contributed by atoms with van der Waals surface area (Å²) in [7, 11) is -2.88. The Morgan fingerprint density at radius 3 is 2.45 bits per heavy atom. The molecule has 0 aromatic rings. The van der Waals surface area contributed by atoms with Crippen LogP contribution in [0.25, 0.3) is 0 Å². The lowest BCUT2D eigenvalue weighted by molar-refractivity contribution is 0.00424. The molecular weight excluding hydrogens is 280 g/mol. The number of rotatable bonds is 2. The van der Waals surface area contributed by atoms with E-state index in [9.17, 15) is 13.2 Å². The van der Waals surface area contributed by atoms with E-state index in [1.165, 1.54) is 0 Å². The molecule has 0 radical (unpaired) electrons. The van der Waals surface area contributed by atoms with Gasteiger partial charge in [0.05, 0.1) is 11.5 Å². The minimum Gasteiger partial charge on any atom is -0.444 e. The third-order valence-corrected chi connectivity index (χ3v) is 5.29. The lowest BCUT2D eigenvalue weighted by Crippen LogP contribution is -2.63. The number of carbonyl (C=O) groups is 1. The zero-order valence-electron chi connectivity index (χ0n) is 12.4. The second kappa shape index (κ2) is 5.52. The third kappa shape index (κ3) is 4.34. The van der Waals surface area contributed by atoms with Gasteiger partial charge in [-0.2, -0.15) is 0 Å². The van der Waals surface area contributed by atoms with Crippen LogP contribution in [0.15, 0.2) is 0 Å². The predicted molar refractivity (Wildman–Crippen MR) is 76.4 cm³/mol. The summed E-state index contributed by atoms with van der Waals surface area (Å²) in [6.45, 7) is 6.70. The van der Waals surface area contributed by atoms with Crippen LogP contribution in [0.2, 0.25) is 0 Å². The maximum absolute atomic E-state index is 11.8. The van der Waals surface area contributed by atoms with Crippen LogP contribution >= 0.6 is 0 Å². The van der Waals surface area contributed by atoms with Crippen molar-refractivity contribution in [1.82, 2.24) is 10.2 Å². The fourth-order valence-electron chi connectivity index (χ4n) is 2.55. The molecule has 116 valence electrons. The van der Waals surface area contributed by atoms with Crippen molar-refractivity contribution < 1.29 is 17.9 Å². The summed E-state index contributed by atoms with van der Waals surface area (Å²) in [5, 5.41) is 3.33. The molecular formula is C13H24N2O4S. The highest BCUT2D eigenvalue weighted by Crippen LogP contribution is 2.18. The van der Waals surface area contributed by atoms with E-state index in [1.54, 1.807) is 4.90 Å². The molecule has 2 saturated heterocycles. The number of amides is 1. The molecule has 1 atom stereocenters. The summed E-state index contributed by atoms with van der Waals surface area (Å²) < 4.78 is 28.4. The van der Waals surface area contributed by atoms with Crippen molar-refractivity contribution in [3.63, 3.8) is 0 Å². The molecule has 0 spiro atoms. The van der Waals surface area contributed by atoms with Crippen molar-refractivity contribution >= 4 is 15.9 Å². The standard InChI is InChI=1S/C13H24N2O4S/c1-13(2,3)19-12(16)15-7-11(8-15)14-10-5-4-6-20(17,18)9-10/h10-11,14H,4-9H2,1-3H3. The Balaban J connectivity index is 1.73. The fourth-order valence-corrected chi connectivity index (χ4v) is 4.20. The Morgan fingerprint density at radius 1 is 1.25 bits per heavy atom. The molecule has 2 aliphatic rings. The van der Waals surface area contributed by atoms with Crippen LogP contribution in [0.4, 0.5) is 4.79 Å². The van der Waals surface area contributed by atoms with Crippen molar-refractivity contribution in [2.45, 2.75) is 51.3 Å². The Kier molecular flexibility index (Phi) is 4.30. The molecule has 0 aromatic carbocycles. The lowest BCUT2D eigenvalue weighted by Gasteiger charge is -2.42. The average Bonchev–Trinajstić information content (AvgIpc) is 2.18. The Labute approximate surface area is 120 Å². The number of nitrogens with zero attached hydrogens (tertiary/aromatic N) is 1. The maximum Gasteiger partial charge on any atom is 0.410 e. The molecule has 1 N–H and O–H groups in total. The van der Waals surface area contributed by atoms with Crippen LogP contribution in [-0.4, -0.2) is 61.7 Å². The predicted octanol–water partition coefficient (Wildman–Crippen LogP) is 0.773. The van der Waals surface area contributed by atoms with E-state index < -0.39 is 15.4 Å². The van der Waals surface area contributed by atoms with Crippen molar-refractivity contribution in [2.24, 2.45) is 0 Å². The van der Waals surface area contributed by atoms with Gasteiger partial charge >= 0.3 is 6.09 Å². The first-order valence-corrected chi connectivity index (χ1v) is 8.91. The number of hydrogen-bond donors (Lipinski definition) is 1. The van der Waals surface area contributed by atoms with Crippen molar-refractivity contribution in [1.29, 1.82) is 0 Å². The van der Waals surface area contributed by atoms with Gasteiger partial charge in [-0.15, -0.1) is 0 Å². The molecule has 0 aromatic heterocycles. The zero-order chi connectivity index (χ0) is 15.0. The van der Waals surface area contributed by atoms with E-state index in [4.69, 9.17) is 4.74 Å². The van der Waals surface area contributed by atoms with Gasteiger partial charge in [0.15, 0.2) is 9.84 Å². The van der Waals surface area contributed by atoms with Crippen LogP contribution in [0.1, 0.15) is 33.6 Å². The SMILES string of the molecule is CC(C)(C)OC(=O)N1CC(NC2CCCS(=O)(=O)C2)C1. The highest BCUT2D eigenvalue weighted by Gasteiger charge is 2.36. The van der Waals surface area contributed by atoms with E-state index in [0.29, 0.717) is 18.8 Å². The van der Waals surface area contributed by atoms with Gasteiger partial charge < -0.3 is 15.0 Å². The smallest absolute Gasteiger partial charge is 0.410 e. The van der Waals surface area contributed by atoms with E-state index in [1.807, 2.05) is 20.8 Å². The first kappa shape index (κ1) is 15.6. The largest absolute Gasteiger partial charge is 0.444 e. The van der Waals surface area contributed by atoms with E-state index in [-0.39, 0.29) is 23.9 Å². The molecule has 2 fully saturated rings. The van der Waals surface area contributed by atoms with Crippen LogP contribution in [-0.2, 0) is 14.6 Å². The summed E-state index contributed by atoms with van der Waals surface area (Å²) in [6.07, 6.45) is 1.32. The Bertz CT molecular complexity index is 463. The van der Waals surface area contributed by atoms with Gasteiger partial charge in [0.2, 0.25) is 0 Å². The van der Waals surface area contributed by atoms with Gasteiger partial charge in [0.25, 0.3) is 0 Å². The van der Waals surface area contributed by atoms with Crippen molar-refractivity contribution in [2.75, 3.05) is 24.6 Å². The normalized spacial score (nSPS) is 26.9. The topological polar surface area (TPSA) is 75.7 Å². The molecule has 0 aliphatic carbocycles. The molecule has 0 saturated carbocycles. The number of carbonyl (C=O) groups excluding carboxylic acids is 1. The van der Waals surface area contributed by atoms with Gasteiger partial charge in [0, 0.05) is 25.2 Å². The van der Waals surface area contributed by atoms with Crippen LogP contribution < -0.4 is 5.32 Å². The molecule has 0 bridgehead atoms. The van der Waals surface area contributed by atoms with Crippen LogP contribution in [0, 0.1) is 0 Å². The van der Waals surface area contributed by atoms with Gasteiger partial charge in [0.1, 0.15) is 5.60 Å². The molecule has 1 amide bonds. The minimum atomic E-state index is -2.88. The second-order valence-electron chi connectivity index (χ2n) is 6.70. The van der Waals surface area contributed by atoms with Gasteiger partial charge in [-0.05, 0) is 33.6 Å². The Hall–Kier alpha value is -0.820. The Morgan fingerprint density at radius 2 is 1.90 bits per heavy atom. The fraction of sp³-hybridized carbons (Fsp3) is 0.923. The number of likely N-dealkylation sites (tertiary alicyclic amines) is 1. The number of sulfone groups is 1. The highest BCUT2D eigenvalue weighted by molar-refractivity contribution is 7.91. The summed E-state index contributed by atoms with van der Waals surface area (Å²) in [5.74, 6) is 0.524. The van der Waals surface area contributed by atoms with Gasteiger partial charge in [-0.1, -0.05) is 0 Å². The van der Waals surface area contributed by atoms with Gasteiger partial charge in [-0.25, -0.2) is 13.2 Å². The quantitative estimate of drug-likeness (QED) is 0.815. The molecule has 2 rings (SSSR count). The lowest BCUT2D eigenvalue weighted by atomic mass is 10.1. The first-order valence-electron chi connectivity index (χ1n) is 7.09.